The number of aliphatic hydroxyl groups is 1. The van der Waals surface area contributed by atoms with E-state index in [1.807, 2.05) is 0 Å². The normalized spacial score (nSPS) is 38.6. The highest BCUT2D eigenvalue weighted by atomic mass is 16.3. The molecule has 0 bridgehead atoms. The molecule has 1 nitrogen and oxygen atoms in total. The third kappa shape index (κ3) is 2.73. The van der Waals surface area contributed by atoms with Crippen LogP contribution in [-0.2, 0) is 0 Å². The van der Waals surface area contributed by atoms with E-state index in [9.17, 15) is 5.11 Å². The van der Waals surface area contributed by atoms with Gasteiger partial charge in [0.25, 0.3) is 0 Å². The van der Waals surface area contributed by atoms with E-state index < -0.39 is 0 Å². The van der Waals surface area contributed by atoms with Crippen LogP contribution in [0.2, 0.25) is 0 Å². The van der Waals surface area contributed by atoms with Crippen molar-refractivity contribution >= 4 is 0 Å². The fraction of sp³-hybridized carbons (Fsp3) is 1.00. The molecule has 0 aromatic rings. The standard InChI is InChI=1S/C13H24O/c1-2-11-5-8-13(14,9-6-11)10-7-12-3-4-12/h11-12,14H,2-10H2,1H3. The second-order valence-corrected chi connectivity index (χ2v) is 5.56. The molecule has 0 spiro atoms. The van der Waals surface area contributed by atoms with Gasteiger partial charge in [0.15, 0.2) is 0 Å². The van der Waals surface area contributed by atoms with Crippen LogP contribution in [0, 0.1) is 11.8 Å². The zero-order valence-electron chi connectivity index (χ0n) is 9.47. The summed E-state index contributed by atoms with van der Waals surface area (Å²) in [5.41, 5.74) is -0.270. The average molecular weight is 196 g/mol. The molecule has 2 aliphatic rings. The van der Waals surface area contributed by atoms with Crippen molar-refractivity contribution in [1.29, 1.82) is 0 Å². The smallest absolute Gasteiger partial charge is 0.0648 e. The molecule has 82 valence electrons. The number of rotatable bonds is 4. The predicted octanol–water partition coefficient (Wildman–Crippen LogP) is 3.51. The fourth-order valence-corrected chi connectivity index (χ4v) is 2.75. The maximum atomic E-state index is 10.4. The van der Waals surface area contributed by atoms with Gasteiger partial charge in [-0.05, 0) is 50.4 Å². The minimum atomic E-state index is -0.270. The monoisotopic (exact) mass is 196 g/mol. The lowest BCUT2D eigenvalue weighted by atomic mass is 9.75. The zero-order chi connectivity index (χ0) is 10.0. The van der Waals surface area contributed by atoms with Crippen LogP contribution in [0.15, 0.2) is 0 Å². The highest BCUT2D eigenvalue weighted by Gasteiger charge is 2.34. The van der Waals surface area contributed by atoms with Gasteiger partial charge >= 0.3 is 0 Å². The Morgan fingerprint density at radius 3 is 2.21 bits per heavy atom. The highest BCUT2D eigenvalue weighted by molar-refractivity contribution is 4.87. The van der Waals surface area contributed by atoms with Gasteiger partial charge in [0.1, 0.15) is 0 Å². The molecule has 1 heteroatoms. The number of hydrogen-bond acceptors (Lipinski definition) is 1. The first-order valence-corrected chi connectivity index (χ1v) is 6.44. The summed E-state index contributed by atoms with van der Waals surface area (Å²) < 4.78 is 0. The van der Waals surface area contributed by atoms with Crippen molar-refractivity contribution in [1.82, 2.24) is 0 Å². The summed E-state index contributed by atoms with van der Waals surface area (Å²) in [6, 6.07) is 0. The third-order valence-electron chi connectivity index (χ3n) is 4.33. The molecule has 0 amide bonds. The van der Waals surface area contributed by atoms with Crippen molar-refractivity contribution in [3.05, 3.63) is 0 Å². The van der Waals surface area contributed by atoms with E-state index in [4.69, 9.17) is 0 Å². The third-order valence-corrected chi connectivity index (χ3v) is 4.33. The molecular weight excluding hydrogens is 172 g/mol. The fourth-order valence-electron chi connectivity index (χ4n) is 2.75. The molecule has 2 rings (SSSR count). The molecule has 0 radical (unpaired) electrons. The Morgan fingerprint density at radius 2 is 1.71 bits per heavy atom. The van der Waals surface area contributed by atoms with Gasteiger partial charge in [0.2, 0.25) is 0 Å². The Balaban J connectivity index is 1.72. The first-order valence-electron chi connectivity index (χ1n) is 6.44. The quantitative estimate of drug-likeness (QED) is 0.729. The van der Waals surface area contributed by atoms with Gasteiger partial charge in [-0.25, -0.2) is 0 Å². The second kappa shape index (κ2) is 4.22. The first-order chi connectivity index (χ1) is 6.72. The molecule has 2 fully saturated rings. The molecule has 0 aromatic carbocycles. The lowest BCUT2D eigenvalue weighted by Gasteiger charge is -2.36. The maximum Gasteiger partial charge on any atom is 0.0648 e. The van der Waals surface area contributed by atoms with Crippen LogP contribution in [0.4, 0.5) is 0 Å². The summed E-state index contributed by atoms with van der Waals surface area (Å²) in [5.74, 6) is 1.87. The molecule has 14 heavy (non-hydrogen) atoms. The lowest BCUT2D eigenvalue weighted by Crippen LogP contribution is -2.33. The molecular formula is C13H24O. The molecule has 0 aromatic heterocycles. The summed E-state index contributed by atoms with van der Waals surface area (Å²) in [6.07, 6.45) is 11.2. The van der Waals surface area contributed by atoms with Crippen LogP contribution in [0.5, 0.6) is 0 Å². The highest BCUT2D eigenvalue weighted by Crippen LogP contribution is 2.41. The van der Waals surface area contributed by atoms with Gasteiger partial charge in [0.05, 0.1) is 5.60 Å². The van der Waals surface area contributed by atoms with Gasteiger partial charge in [0, 0.05) is 0 Å². The van der Waals surface area contributed by atoms with Crippen LogP contribution in [0.25, 0.3) is 0 Å². The van der Waals surface area contributed by atoms with Crippen LogP contribution in [-0.4, -0.2) is 10.7 Å². The van der Waals surface area contributed by atoms with Crippen LogP contribution in [0.1, 0.15) is 64.7 Å². The van der Waals surface area contributed by atoms with Crippen molar-refractivity contribution < 1.29 is 5.11 Å². The van der Waals surface area contributed by atoms with E-state index in [-0.39, 0.29) is 5.60 Å². The Bertz CT molecular complexity index is 176. The molecule has 2 aliphatic carbocycles. The van der Waals surface area contributed by atoms with Crippen molar-refractivity contribution in [3.63, 3.8) is 0 Å². The van der Waals surface area contributed by atoms with E-state index in [2.05, 4.69) is 6.92 Å². The predicted molar refractivity (Wildman–Crippen MR) is 59.2 cm³/mol. The molecule has 0 heterocycles. The Morgan fingerprint density at radius 1 is 1.07 bits per heavy atom. The first kappa shape index (κ1) is 10.5. The summed E-state index contributed by atoms with van der Waals surface area (Å²) in [7, 11) is 0. The van der Waals surface area contributed by atoms with E-state index >= 15 is 0 Å². The van der Waals surface area contributed by atoms with Crippen molar-refractivity contribution in [2.75, 3.05) is 0 Å². The van der Waals surface area contributed by atoms with Gasteiger partial charge < -0.3 is 5.11 Å². The van der Waals surface area contributed by atoms with Crippen LogP contribution in [0.3, 0.4) is 0 Å². The zero-order valence-corrected chi connectivity index (χ0v) is 9.47. The molecule has 0 aliphatic heterocycles. The largest absolute Gasteiger partial charge is 0.390 e. The maximum absolute atomic E-state index is 10.4. The lowest BCUT2D eigenvalue weighted by molar-refractivity contribution is -0.0194. The summed E-state index contributed by atoms with van der Waals surface area (Å²) in [6.45, 7) is 2.28. The SMILES string of the molecule is CCC1CCC(O)(CCC2CC2)CC1. The molecule has 0 atom stereocenters. The second-order valence-electron chi connectivity index (χ2n) is 5.56. The Kier molecular flexibility index (Phi) is 3.16. The molecule has 2 saturated carbocycles. The Labute approximate surface area is 87.9 Å². The summed E-state index contributed by atoms with van der Waals surface area (Å²) in [4.78, 5) is 0. The topological polar surface area (TPSA) is 20.2 Å². The van der Waals surface area contributed by atoms with Gasteiger partial charge in [-0.15, -0.1) is 0 Å². The molecule has 1 N–H and O–H groups in total. The van der Waals surface area contributed by atoms with E-state index in [0.717, 1.165) is 31.1 Å². The van der Waals surface area contributed by atoms with Crippen molar-refractivity contribution in [3.8, 4) is 0 Å². The Hall–Kier alpha value is -0.0400. The minimum Gasteiger partial charge on any atom is -0.390 e. The number of hydrogen-bond donors (Lipinski definition) is 1. The van der Waals surface area contributed by atoms with E-state index in [1.165, 1.54) is 38.5 Å². The summed E-state index contributed by atoms with van der Waals surface area (Å²) >= 11 is 0. The van der Waals surface area contributed by atoms with Gasteiger partial charge in [-0.1, -0.05) is 26.2 Å². The average Bonchev–Trinajstić information content (AvgIpc) is 3.00. The summed E-state index contributed by atoms with van der Waals surface area (Å²) in [5, 5.41) is 10.4. The van der Waals surface area contributed by atoms with Crippen LogP contribution >= 0.6 is 0 Å². The van der Waals surface area contributed by atoms with Crippen LogP contribution < -0.4 is 0 Å². The van der Waals surface area contributed by atoms with Crippen molar-refractivity contribution in [2.45, 2.75) is 70.3 Å². The minimum absolute atomic E-state index is 0.270. The van der Waals surface area contributed by atoms with Gasteiger partial charge in [-0.3, -0.25) is 0 Å². The van der Waals surface area contributed by atoms with E-state index in [0.29, 0.717) is 0 Å². The molecule has 0 saturated heterocycles. The van der Waals surface area contributed by atoms with E-state index in [1.54, 1.807) is 0 Å². The molecule has 0 unspecified atom stereocenters. The van der Waals surface area contributed by atoms with Gasteiger partial charge in [-0.2, -0.15) is 0 Å². The van der Waals surface area contributed by atoms with Crippen molar-refractivity contribution in [2.24, 2.45) is 11.8 Å².